The van der Waals surface area contributed by atoms with Crippen LogP contribution in [0.25, 0.3) is 0 Å². The van der Waals surface area contributed by atoms with Crippen molar-refractivity contribution in [2.75, 3.05) is 13.2 Å². The quantitative estimate of drug-likeness (QED) is 0.789. The van der Waals surface area contributed by atoms with Gasteiger partial charge in [0.2, 0.25) is 0 Å². The average Bonchev–Trinajstić information content (AvgIpc) is 3.28. The van der Waals surface area contributed by atoms with E-state index in [2.05, 4.69) is 38.1 Å². The van der Waals surface area contributed by atoms with Crippen LogP contribution in [-0.2, 0) is 27.1 Å². The molecular formula is C21H30O3. The first-order valence-electron chi connectivity index (χ1n) is 9.66. The Morgan fingerprint density at radius 2 is 1.83 bits per heavy atom. The van der Waals surface area contributed by atoms with Crippen molar-refractivity contribution in [1.29, 1.82) is 0 Å². The molecule has 0 saturated carbocycles. The van der Waals surface area contributed by atoms with Crippen LogP contribution in [0.2, 0.25) is 0 Å². The molecule has 2 saturated heterocycles. The largest absolute Gasteiger partial charge is 0.372 e. The summed E-state index contributed by atoms with van der Waals surface area (Å²) >= 11 is 0. The molecule has 1 aromatic rings. The van der Waals surface area contributed by atoms with Gasteiger partial charge < -0.3 is 14.2 Å². The third-order valence-electron chi connectivity index (χ3n) is 6.31. The molecule has 0 amide bonds. The zero-order valence-corrected chi connectivity index (χ0v) is 14.9. The van der Waals surface area contributed by atoms with Crippen molar-refractivity contribution >= 4 is 0 Å². The van der Waals surface area contributed by atoms with Crippen LogP contribution in [0.5, 0.6) is 0 Å². The molecule has 132 valence electrons. The van der Waals surface area contributed by atoms with Gasteiger partial charge in [0.15, 0.2) is 6.29 Å². The van der Waals surface area contributed by atoms with Crippen molar-refractivity contribution in [2.45, 2.75) is 64.4 Å². The van der Waals surface area contributed by atoms with Crippen LogP contribution in [0.4, 0.5) is 0 Å². The van der Waals surface area contributed by atoms with Crippen LogP contribution in [0.3, 0.4) is 0 Å². The Hall–Kier alpha value is -0.900. The molecule has 1 aromatic carbocycles. The Morgan fingerprint density at radius 1 is 1.08 bits per heavy atom. The highest BCUT2D eigenvalue weighted by atomic mass is 16.7. The van der Waals surface area contributed by atoms with Gasteiger partial charge in [-0.25, -0.2) is 0 Å². The Labute approximate surface area is 145 Å². The van der Waals surface area contributed by atoms with E-state index < -0.39 is 0 Å². The Morgan fingerprint density at radius 3 is 2.58 bits per heavy atom. The molecule has 2 aliphatic heterocycles. The van der Waals surface area contributed by atoms with Crippen molar-refractivity contribution in [3.63, 3.8) is 0 Å². The zero-order chi connectivity index (χ0) is 16.5. The number of hydrogen-bond acceptors (Lipinski definition) is 3. The van der Waals surface area contributed by atoms with E-state index in [1.54, 1.807) is 11.1 Å². The van der Waals surface area contributed by atoms with Gasteiger partial charge in [-0.2, -0.15) is 0 Å². The van der Waals surface area contributed by atoms with Crippen molar-refractivity contribution in [1.82, 2.24) is 0 Å². The zero-order valence-electron chi connectivity index (χ0n) is 14.9. The summed E-state index contributed by atoms with van der Waals surface area (Å²) in [5.74, 6) is 2.01. The molecule has 4 rings (SSSR count). The maximum atomic E-state index is 6.30. The lowest BCUT2D eigenvalue weighted by Gasteiger charge is -2.24. The van der Waals surface area contributed by atoms with Gasteiger partial charge in [-0.15, -0.1) is 0 Å². The fourth-order valence-corrected chi connectivity index (χ4v) is 4.66. The Bertz CT molecular complexity index is 533. The molecule has 5 unspecified atom stereocenters. The maximum Gasteiger partial charge on any atom is 0.163 e. The second kappa shape index (κ2) is 7.15. The van der Waals surface area contributed by atoms with E-state index in [1.807, 2.05) is 0 Å². The highest BCUT2D eigenvalue weighted by molar-refractivity contribution is 5.32. The molecule has 0 aromatic heterocycles. The minimum Gasteiger partial charge on any atom is -0.372 e. The first-order chi connectivity index (χ1) is 11.7. The molecule has 0 radical (unpaired) electrons. The molecule has 0 spiro atoms. The monoisotopic (exact) mass is 330 g/mol. The third kappa shape index (κ3) is 3.40. The Balaban J connectivity index is 1.22. The second-order valence-electron chi connectivity index (χ2n) is 8.00. The van der Waals surface area contributed by atoms with E-state index >= 15 is 0 Å². The average molecular weight is 330 g/mol. The fourth-order valence-electron chi connectivity index (χ4n) is 4.66. The van der Waals surface area contributed by atoms with Gasteiger partial charge in [0.25, 0.3) is 0 Å². The van der Waals surface area contributed by atoms with Crippen molar-refractivity contribution in [2.24, 2.45) is 17.8 Å². The molecule has 24 heavy (non-hydrogen) atoms. The summed E-state index contributed by atoms with van der Waals surface area (Å²) in [7, 11) is 0. The number of fused-ring (bicyclic) bond motifs is 2. The molecule has 2 heterocycles. The molecule has 3 heteroatoms. The van der Waals surface area contributed by atoms with Crippen LogP contribution in [0.1, 0.15) is 44.2 Å². The summed E-state index contributed by atoms with van der Waals surface area (Å²) in [6.07, 6.45) is 6.52. The smallest absolute Gasteiger partial charge is 0.163 e. The minimum atomic E-state index is -0.00174. The van der Waals surface area contributed by atoms with Crippen LogP contribution in [0.15, 0.2) is 24.3 Å². The third-order valence-corrected chi connectivity index (χ3v) is 6.31. The lowest BCUT2D eigenvalue weighted by atomic mass is 9.87. The minimum absolute atomic E-state index is 0.00174. The van der Waals surface area contributed by atoms with E-state index in [4.69, 9.17) is 14.2 Å². The van der Waals surface area contributed by atoms with Gasteiger partial charge in [-0.3, -0.25) is 0 Å². The molecule has 5 atom stereocenters. The van der Waals surface area contributed by atoms with Crippen LogP contribution >= 0.6 is 0 Å². The van der Waals surface area contributed by atoms with Gasteiger partial charge >= 0.3 is 0 Å². The van der Waals surface area contributed by atoms with E-state index in [9.17, 15) is 0 Å². The molecule has 1 aliphatic carbocycles. The number of ether oxygens (including phenoxy) is 3. The second-order valence-corrected chi connectivity index (χ2v) is 8.00. The van der Waals surface area contributed by atoms with Gasteiger partial charge in [-0.05, 0) is 62.0 Å². The van der Waals surface area contributed by atoms with E-state index in [0.717, 1.165) is 31.3 Å². The normalized spacial score (nSPS) is 31.8. The fraction of sp³-hybridized carbons (Fsp3) is 0.714. The SMILES string of the molecule is CC(CCC(C)C1Cc2ccccc2C1)OC1COC2OCCC12. The maximum absolute atomic E-state index is 6.30. The standard InChI is InChI=1S/C21H30O3/c1-14(18-11-16-5-3-4-6-17(16)12-18)7-8-15(2)24-20-13-23-21-19(20)9-10-22-21/h3-6,14-15,18-21H,7-13H2,1-2H3. The van der Waals surface area contributed by atoms with Crippen LogP contribution in [-0.4, -0.2) is 31.7 Å². The highest BCUT2D eigenvalue weighted by Crippen LogP contribution is 2.35. The Kier molecular flexibility index (Phi) is 4.93. The van der Waals surface area contributed by atoms with Crippen LogP contribution < -0.4 is 0 Å². The summed E-state index contributed by atoms with van der Waals surface area (Å²) in [5, 5.41) is 0. The summed E-state index contributed by atoms with van der Waals surface area (Å²) < 4.78 is 17.6. The van der Waals surface area contributed by atoms with E-state index in [0.29, 0.717) is 18.6 Å². The van der Waals surface area contributed by atoms with E-state index in [1.165, 1.54) is 19.3 Å². The summed E-state index contributed by atoms with van der Waals surface area (Å²) in [5.41, 5.74) is 3.13. The molecular weight excluding hydrogens is 300 g/mol. The van der Waals surface area contributed by atoms with Gasteiger partial charge in [-0.1, -0.05) is 31.2 Å². The topological polar surface area (TPSA) is 27.7 Å². The summed E-state index contributed by atoms with van der Waals surface area (Å²) in [4.78, 5) is 0. The number of rotatable bonds is 6. The first-order valence-corrected chi connectivity index (χ1v) is 9.66. The lowest BCUT2D eigenvalue weighted by molar-refractivity contribution is -0.0912. The van der Waals surface area contributed by atoms with Gasteiger partial charge in [0, 0.05) is 5.92 Å². The molecule has 3 aliphatic rings. The summed E-state index contributed by atoms with van der Waals surface area (Å²) in [6.45, 7) is 6.16. The van der Waals surface area contributed by atoms with Crippen molar-refractivity contribution in [3.05, 3.63) is 35.4 Å². The number of hydrogen-bond donors (Lipinski definition) is 0. The van der Waals surface area contributed by atoms with Crippen molar-refractivity contribution < 1.29 is 14.2 Å². The van der Waals surface area contributed by atoms with Gasteiger partial charge in [0.05, 0.1) is 25.4 Å². The number of benzene rings is 1. The molecule has 3 nitrogen and oxygen atoms in total. The predicted octanol–water partition coefficient (Wildman–Crippen LogP) is 3.98. The molecule has 0 bridgehead atoms. The molecule has 0 N–H and O–H groups in total. The van der Waals surface area contributed by atoms with Gasteiger partial charge in [0.1, 0.15) is 0 Å². The van der Waals surface area contributed by atoms with Crippen LogP contribution in [0, 0.1) is 17.8 Å². The summed E-state index contributed by atoms with van der Waals surface area (Å²) in [6, 6.07) is 8.94. The van der Waals surface area contributed by atoms with E-state index in [-0.39, 0.29) is 12.4 Å². The predicted molar refractivity (Wildman–Crippen MR) is 93.9 cm³/mol. The van der Waals surface area contributed by atoms with Crippen molar-refractivity contribution in [3.8, 4) is 0 Å². The first kappa shape index (κ1) is 16.6. The highest BCUT2D eigenvalue weighted by Gasteiger charge is 2.42. The molecule has 2 fully saturated rings. The lowest BCUT2D eigenvalue weighted by Crippen LogP contribution is -2.28.